The molecule has 0 saturated carbocycles. The lowest BCUT2D eigenvalue weighted by atomic mass is 10.1. The summed E-state index contributed by atoms with van der Waals surface area (Å²) in [4.78, 5) is 0. The highest BCUT2D eigenvalue weighted by atomic mass is 14.9. The van der Waals surface area contributed by atoms with Crippen LogP contribution in [0, 0.1) is 11.3 Å². The average Bonchev–Trinajstić information content (AvgIpc) is 2.53. The summed E-state index contributed by atoms with van der Waals surface area (Å²) >= 11 is 0. The van der Waals surface area contributed by atoms with Crippen LogP contribution in [0.3, 0.4) is 0 Å². The van der Waals surface area contributed by atoms with E-state index >= 15 is 0 Å². The highest BCUT2D eigenvalue weighted by Crippen LogP contribution is 2.17. The molecule has 0 bridgehead atoms. The summed E-state index contributed by atoms with van der Waals surface area (Å²) in [5.74, 6) is 0. The van der Waals surface area contributed by atoms with Gasteiger partial charge in [-0.2, -0.15) is 5.26 Å². The summed E-state index contributed by atoms with van der Waals surface area (Å²) in [5.41, 5.74) is 2.87. The SMILES string of the molecule is N#Cc1cccc(NCc2ccc3ccccc3c2)c1. The van der Waals surface area contributed by atoms with Gasteiger partial charge in [-0.25, -0.2) is 0 Å². The number of fused-ring (bicyclic) bond motifs is 1. The molecular formula is C18H14N2. The smallest absolute Gasteiger partial charge is 0.0992 e. The normalized spacial score (nSPS) is 10.2. The fraction of sp³-hybridized carbons (Fsp3) is 0.0556. The first-order valence-corrected chi connectivity index (χ1v) is 6.57. The number of hydrogen-bond acceptors (Lipinski definition) is 2. The Balaban J connectivity index is 1.78. The second-order valence-electron chi connectivity index (χ2n) is 4.73. The minimum absolute atomic E-state index is 0.675. The third-order valence-corrected chi connectivity index (χ3v) is 3.30. The van der Waals surface area contributed by atoms with Crippen LogP contribution in [-0.4, -0.2) is 0 Å². The van der Waals surface area contributed by atoms with Crippen molar-refractivity contribution in [3.05, 3.63) is 77.9 Å². The summed E-state index contributed by atoms with van der Waals surface area (Å²) in [6.45, 7) is 0.750. The van der Waals surface area contributed by atoms with E-state index in [-0.39, 0.29) is 0 Å². The van der Waals surface area contributed by atoms with Gasteiger partial charge < -0.3 is 5.32 Å². The van der Waals surface area contributed by atoms with Crippen molar-refractivity contribution in [2.45, 2.75) is 6.54 Å². The predicted molar refractivity (Wildman–Crippen MR) is 82.4 cm³/mol. The van der Waals surface area contributed by atoms with Gasteiger partial charge in [0.05, 0.1) is 11.6 Å². The summed E-state index contributed by atoms with van der Waals surface area (Å²) in [6.07, 6.45) is 0. The Hall–Kier alpha value is -2.79. The van der Waals surface area contributed by atoms with Gasteiger partial charge in [0.25, 0.3) is 0 Å². The largest absolute Gasteiger partial charge is 0.381 e. The Bertz CT molecular complexity index is 785. The lowest BCUT2D eigenvalue weighted by Crippen LogP contribution is -1.99. The zero-order valence-electron chi connectivity index (χ0n) is 11.0. The summed E-state index contributed by atoms with van der Waals surface area (Å²) < 4.78 is 0. The van der Waals surface area contributed by atoms with Crippen molar-refractivity contribution >= 4 is 16.5 Å². The molecule has 0 saturated heterocycles. The maximum atomic E-state index is 8.89. The molecule has 0 fully saturated rings. The second-order valence-corrected chi connectivity index (χ2v) is 4.73. The minimum atomic E-state index is 0.675. The lowest BCUT2D eigenvalue weighted by molar-refractivity contribution is 1.15. The van der Waals surface area contributed by atoms with Crippen LogP contribution in [0.4, 0.5) is 5.69 Å². The molecule has 0 aliphatic carbocycles. The quantitative estimate of drug-likeness (QED) is 0.759. The van der Waals surface area contributed by atoms with Crippen LogP contribution in [0.15, 0.2) is 66.7 Å². The van der Waals surface area contributed by atoms with Crippen molar-refractivity contribution in [1.29, 1.82) is 5.26 Å². The molecule has 0 atom stereocenters. The molecule has 0 aromatic heterocycles. The predicted octanol–water partition coefficient (Wildman–Crippen LogP) is 4.32. The summed E-state index contributed by atoms with van der Waals surface area (Å²) in [7, 11) is 0. The fourth-order valence-electron chi connectivity index (χ4n) is 2.25. The topological polar surface area (TPSA) is 35.8 Å². The second kappa shape index (κ2) is 5.46. The lowest BCUT2D eigenvalue weighted by Gasteiger charge is -2.08. The first-order chi connectivity index (χ1) is 9.85. The van der Waals surface area contributed by atoms with Crippen molar-refractivity contribution in [1.82, 2.24) is 0 Å². The highest BCUT2D eigenvalue weighted by molar-refractivity contribution is 5.83. The fourth-order valence-corrected chi connectivity index (χ4v) is 2.25. The van der Waals surface area contributed by atoms with Gasteiger partial charge >= 0.3 is 0 Å². The molecule has 20 heavy (non-hydrogen) atoms. The van der Waals surface area contributed by atoms with Crippen molar-refractivity contribution in [3.8, 4) is 6.07 Å². The molecule has 0 aliphatic heterocycles. The number of rotatable bonds is 3. The van der Waals surface area contributed by atoms with Gasteiger partial charge in [-0.1, -0.05) is 42.5 Å². The summed E-state index contributed by atoms with van der Waals surface area (Å²) in [5, 5.41) is 14.7. The van der Waals surface area contributed by atoms with E-state index in [2.05, 4.69) is 47.8 Å². The van der Waals surface area contributed by atoms with Crippen LogP contribution in [0.2, 0.25) is 0 Å². The Morgan fingerprint density at radius 1 is 0.850 bits per heavy atom. The zero-order valence-corrected chi connectivity index (χ0v) is 11.0. The van der Waals surface area contributed by atoms with Gasteiger partial charge in [0.15, 0.2) is 0 Å². The molecule has 0 amide bonds. The number of nitrogens with zero attached hydrogens (tertiary/aromatic N) is 1. The van der Waals surface area contributed by atoms with Gasteiger partial charge in [-0.3, -0.25) is 0 Å². The van der Waals surface area contributed by atoms with E-state index in [9.17, 15) is 0 Å². The first kappa shape index (κ1) is 12.3. The van der Waals surface area contributed by atoms with Crippen LogP contribution >= 0.6 is 0 Å². The maximum Gasteiger partial charge on any atom is 0.0992 e. The van der Waals surface area contributed by atoms with Crippen LogP contribution in [0.25, 0.3) is 10.8 Å². The first-order valence-electron chi connectivity index (χ1n) is 6.57. The molecule has 2 nitrogen and oxygen atoms in total. The Labute approximate surface area is 118 Å². The zero-order chi connectivity index (χ0) is 13.8. The number of anilines is 1. The summed E-state index contributed by atoms with van der Waals surface area (Å²) in [6, 6.07) is 24.5. The molecule has 1 N–H and O–H groups in total. The van der Waals surface area contributed by atoms with Crippen molar-refractivity contribution in [2.75, 3.05) is 5.32 Å². The van der Waals surface area contributed by atoms with Gasteiger partial charge in [-0.15, -0.1) is 0 Å². The van der Waals surface area contributed by atoms with E-state index in [1.54, 1.807) is 6.07 Å². The van der Waals surface area contributed by atoms with E-state index in [0.29, 0.717) is 5.56 Å². The van der Waals surface area contributed by atoms with Crippen molar-refractivity contribution in [2.24, 2.45) is 0 Å². The van der Waals surface area contributed by atoms with Gasteiger partial charge in [0, 0.05) is 12.2 Å². The minimum Gasteiger partial charge on any atom is -0.381 e. The molecule has 3 aromatic rings. The van der Waals surface area contributed by atoms with Crippen molar-refractivity contribution < 1.29 is 0 Å². The molecule has 0 radical (unpaired) electrons. The average molecular weight is 258 g/mol. The van der Waals surface area contributed by atoms with E-state index in [4.69, 9.17) is 5.26 Å². The third kappa shape index (κ3) is 2.62. The molecule has 0 heterocycles. The molecule has 3 aromatic carbocycles. The van der Waals surface area contributed by atoms with E-state index in [1.807, 2.05) is 24.3 Å². The number of hydrogen-bond donors (Lipinski definition) is 1. The Kier molecular flexibility index (Phi) is 3.34. The van der Waals surface area contributed by atoms with Gasteiger partial charge in [-0.05, 0) is 40.6 Å². The Morgan fingerprint density at radius 3 is 2.55 bits per heavy atom. The van der Waals surface area contributed by atoms with E-state index in [1.165, 1.54) is 16.3 Å². The maximum absolute atomic E-state index is 8.89. The van der Waals surface area contributed by atoms with E-state index < -0.39 is 0 Å². The van der Waals surface area contributed by atoms with Crippen LogP contribution in [-0.2, 0) is 6.54 Å². The van der Waals surface area contributed by atoms with Crippen LogP contribution in [0.5, 0.6) is 0 Å². The third-order valence-electron chi connectivity index (χ3n) is 3.30. The van der Waals surface area contributed by atoms with Crippen molar-refractivity contribution in [3.63, 3.8) is 0 Å². The van der Waals surface area contributed by atoms with Gasteiger partial charge in [0.1, 0.15) is 0 Å². The molecule has 3 rings (SSSR count). The highest BCUT2D eigenvalue weighted by Gasteiger charge is 1.98. The Morgan fingerprint density at radius 2 is 1.70 bits per heavy atom. The number of benzene rings is 3. The number of nitriles is 1. The molecular weight excluding hydrogens is 244 g/mol. The number of nitrogens with one attached hydrogen (secondary N) is 1. The molecule has 0 spiro atoms. The standard InChI is InChI=1S/C18H14N2/c19-12-14-4-3-7-18(11-14)20-13-15-8-9-16-5-1-2-6-17(16)10-15/h1-11,20H,13H2. The van der Waals surface area contributed by atoms with Crippen LogP contribution < -0.4 is 5.32 Å². The van der Waals surface area contributed by atoms with Crippen LogP contribution in [0.1, 0.15) is 11.1 Å². The molecule has 0 unspecified atom stereocenters. The monoisotopic (exact) mass is 258 g/mol. The molecule has 96 valence electrons. The van der Waals surface area contributed by atoms with E-state index in [0.717, 1.165) is 12.2 Å². The molecule has 2 heteroatoms. The molecule has 0 aliphatic rings. The van der Waals surface area contributed by atoms with Gasteiger partial charge in [0.2, 0.25) is 0 Å².